The number of benzene rings is 1. The van der Waals surface area contributed by atoms with E-state index in [2.05, 4.69) is 12.1 Å². The van der Waals surface area contributed by atoms with E-state index in [4.69, 9.17) is 10.5 Å². The van der Waals surface area contributed by atoms with Crippen molar-refractivity contribution in [2.75, 3.05) is 0 Å². The average Bonchev–Trinajstić information content (AvgIpc) is 2.04. The highest BCUT2D eigenvalue weighted by Gasteiger charge is 1.96. The standard InChI is InChI=1S/C8H2N2/c9-5-7-3-1-2-4-8(7)6-10/h1-2H. The first-order valence-corrected chi connectivity index (χ1v) is 2.61. The van der Waals surface area contributed by atoms with Gasteiger partial charge >= 0.3 is 0 Å². The Bertz CT molecular complexity index is 282. The smallest absolute Gasteiger partial charge is 0.101 e. The molecule has 1 aromatic rings. The molecular formula is C8H2N2. The van der Waals surface area contributed by atoms with Crippen LogP contribution in [0.5, 0.6) is 0 Å². The molecule has 0 N–H and O–H groups in total. The topological polar surface area (TPSA) is 47.6 Å². The highest BCUT2D eigenvalue weighted by molar-refractivity contribution is 5.43. The maximum absolute atomic E-state index is 8.40. The molecule has 0 fully saturated rings. The molecule has 0 aliphatic rings. The van der Waals surface area contributed by atoms with E-state index in [1.54, 1.807) is 12.1 Å². The number of rotatable bonds is 0. The van der Waals surface area contributed by atoms with Gasteiger partial charge in [0.2, 0.25) is 0 Å². The third kappa shape index (κ3) is 0.962. The van der Waals surface area contributed by atoms with Crippen molar-refractivity contribution >= 4 is 0 Å². The minimum Gasteiger partial charge on any atom is -0.192 e. The molecule has 10 heavy (non-hydrogen) atoms. The zero-order valence-electron chi connectivity index (χ0n) is 5.05. The van der Waals surface area contributed by atoms with Gasteiger partial charge in [0.1, 0.15) is 12.1 Å². The lowest BCUT2D eigenvalue weighted by molar-refractivity contribution is 1.42. The van der Waals surface area contributed by atoms with Crippen molar-refractivity contribution in [3.63, 3.8) is 0 Å². The van der Waals surface area contributed by atoms with E-state index < -0.39 is 0 Å². The van der Waals surface area contributed by atoms with Gasteiger partial charge < -0.3 is 0 Å². The first-order chi connectivity index (χ1) is 4.88. The van der Waals surface area contributed by atoms with E-state index in [9.17, 15) is 0 Å². The molecule has 0 saturated carbocycles. The second-order valence-corrected chi connectivity index (χ2v) is 1.60. The summed E-state index contributed by atoms with van der Waals surface area (Å²) in [6.45, 7) is 0. The van der Waals surface area contributed by atoms with E-state index in [-0.39, 0.29) is 11.1 Å². The van der Waals surface area contributed by atoms with Crippen LogP contribution in [0.25, 0.3) is 0 Å². The Balaban J connectivity index is 3.28. The highest BCUT2D eigenvalue weighted by Crippen LogP contribution is 2.02. The SMILES string of the molecule is N#Cc1[c]cc[c]c1C#N. The Morgan fingerprint density at radius 1 is 1.00 bits per heavy atom. The molecule has 1 aromatic carbocycles. The van der Waals surface area contributed by atoms with Crippen LogP contribution in [0.2, 0.25) is 0 Å². The Labute approximate surface area is 58.9 Å². The highest BCUT2D eigenvalue weighted by atomic mass is 14.3. The van der Waals surface area contributed by atoms with Gasteiger partial charge in [0.15, 0.2) is 0 Å². The third-order valence-electron chi connectivity index (χ3n) is 1.01. The summed E-state index contributed by atoms with van der Waals surface area (Å²) in [6, 6.07) is 12.0. The number of nitriles is 2. The van der Waals surface area contributed by atoms with Crippen LogP contribution in [0.15, 0.2) is 12.1 Å². The van der Waals surface area contributed by atoms with Gasteiger partial charge in [0.05, 0.1) is 11.1 Å². The third-order valence-corrected chi connectivity index (χ3v) is 1.01. The summed E-state index contributed by atoms with van der Waals surface area (Å²) in [7, 11) is 0. The molecule has 2 radical (unpaired) electrons. The van der Waals surface area contributed by atoms with E-state index in [0.29, 0.717) is 0 Å². The van der Waals surface area contributed by atoms with Gasteiger partial charge in [-0.15, -0.1) is 0 Å². The van der Waals surface area contributed by atoms with Crippen LogP contribution >= 0.6 is 0 Å². The predicted molar refractivity (Wildman–Crippen MR) is 33.5 cm³/mol. The molecule has 0 spiro atoms. The lowest BCUT2D eigenvalue weighted by atomic mass is 10.1. The first-order valence-electron chi connectivity index (χ1n) is 2.61. The quantitative estimate of drug-likeness (QED) is 0.521. The Morgan fingerprint density at radius 2 is 1.40 bits per heavy atom. The maximum Gasteiger partial charge on any atom is 0.101 e. The zero-order valence-corrected chi connectivity index (χ0v) is 5.05. The summed E-state index contributed by atoms with van der Waals surface area (Å²) in [4.78, 5) is 0. The maximum atomic E-state index is 8.40. The Hall–Kier alpha value is -1.80. The number of hydrogen-bond acceptors (Lipinski definition) is 2. The summed E-state index contributed by atoms with van der Waals surface area (Å²) >= 11 is 0. The first kappa shape index (κ1) is 6.32. The van der Waals surface area contributed by atoms with Gasteiger partial charge in [-0.25, -0.2) is 0 Å². The summed E-state index contributed by atoms with van der Waals surface area (Å²) in [5.41, 5.74) is 0.509. The molecule has 0 amide bonds. The fraction of sp³-hybridized carbons (Fsp3) is 0. The normalized spacial score (nSPS) is 7.80. The molecule has 2 heteroatoms. The minimum absolute atomic E-state index is 0.255. The van der Waals surface area contributed by atoms with E-state index in [0.717, 1.165) is 0 Å². The fourth-order valence-electron chi connectivity index (χ4n) is 0.571. The molecule has 0 bridgehead atoms. The van der Waals surface area contributed by atoms with E-state index >= 15 is 0 Å². The molecular weight excluding hydrogens is 124 g/mol. The Kier molecular flexibility index (Phi) is 1.68. The molecule has 0 aliphatic heterocycles. The lowest BCUT2D eigenvalue weighted by Gasteiger charge is -1.86. The number of nitrogens with zero attached hydrogens (tertiary/aromatic N) is 2. The van der Waals surface area contributed by atoms with Gasteiger partial charge in [0, 0.05) is 12.1 Å². The molecule has 2 nitrogen and oxygen atoms in total. The fourth-order valence-corrected chi connectivity index (χ4v) is 0.571. The average molecular weight is 126 g/mol. The molecule has 0 heterocycles. The van der Waals surface area contributed by atoms with Crippen molar-refractivity contribution < 1.29 is 0 Å². The van der Waals surface area contributed by atoms with Crippen LogP contribution in [0.1, 0.15) is 11.1 Å². The molecule has 0 aromatic heterocycles. The van der Waals surface area contributed by atoms with Gasteiger partial charge in [-0.2, -0.15) is 10.5 Å². The van der Waals surface area contributed by atoms with Gasteiger partial charge in [-0.05, 0) is 0 Å². The molecule has 0 aliphatic carbocycles. The molecule has 44 valence electrons. The van der Waals surface area contributed by atoms with Crippen molar-refractivity contribution in [2.45, 2.75) is 0 Å². The molecule has 1 rings (SSSR count). The second kappa shape index (κ2) is 2.66. The predicted octanol–water partition coefficient (Wildman–Crippen LogP) is 1.03. The van der Waals surface area contributed by atoms with E-state index in [1.165, 1.54) is 0 Å². The van der Waals surface area contributed by atoms with Crippen molar-refractivity contribution in [1.29, 1.82) is 10.5 Å². The molecule has 0 atom stereocenters. The van der Waals surface area contributed by atoms with Gasteiger partial charge in [-0.1, -0.05) is 12.1 Å². The van der Waals surface area contributed by atoms with Crippen molar-refractivity contribution in [2.24, 2.45) is 0 Å². The largest absolute Gasteiger partial charge is 0.192 e. The summed E-state index contributed by atoms with van der Waals surface area (Å²) in [5.74, 6) is 0. The van der Waals surface area contributed by atoms with E-state index in [1.807, 2.05) is 12.1 Å². The molecule has 0 unspecified atom stereocenters. The van der Waals surface area contributed by atoms with Crippen LogP contribution < -0.4 is 0 Å². The van der Waals surface area contributed by atoms with Gasteiger partial charge in [0.25, 0.3) is 0 Å². The van der Waals surface area contributed by atoms with Crippen LogP contribution in [-0.4, -0.2) is 0 Å². The number of hydrogen-bond donors (Lipinski definition) is 0. The van der Waals surface area contributed by atoms with Crippen LogP contribution in [0, 0.1) is 34.8 Å². The van der Waals surface area contributed by atoms with Crippen molar-refractivity contribution in [1.82, 2.24) is 0 Å². The van der Waals surface area contributed by atoms with Gasteiger partial charge in [-0.3, -0.25) is 0 Å². The van der Waals surface area contributed by atoms with Crippen molar-refractivity contribution in [3.8, 4) is 12.1 Å². The monoisotopic (exact) mass is 126 g/mol. The van der Waals surface area contributed by atoms with Crippen molar-refractivity contribution in [3.05, 3.63) is 35.4 Å². The molecule has 0 saturated heterocycles. The lowest BCUT2D eigenvalue weighted by Crippen LogP contribution is -1.80. The second-order valence-electron chi connectivity index (χ2n) is 1.60. The van der Waals surface area contributed by atoms with Crippen LogP contribution in [0.4, 0.5) is 0 Å². The Morgan fingerprint density at radius 3 is 1.70 bits per heavy atom. The van der Waals surface area contributed by atoms with Crippen LogP contribution in [0.3, 0.4) is 0 Å². The minimum atomic E-state index is 0.255. The summed E-state index contributed by atoms with van der Waals surface area (Å²) in [5, 5.41) is 16.8. The summed E-state index contributed by atoms with van der Waals surface area (Å²) < 4.78 is 0. The zero-order chi connectivity index (χ0) is 7.40. The summed E-state index contributed by atoms with van der Waals surface area (Å²) in [6.07, 6.45) is 0. The van der Waals surface area contributed by atoms with Crippen LogP contribution in [-0.2, 0) is 0 Å².